The summed E-state index contributed by atoms with van der Waals surface area (Å²) in [6, 6.07) is 8.63. The molecule has 1 unspecified atom stereocenters. The Bertz CT molecular complexity index is 711. The van der Waals surface area contributed by atoms with Crippen molar-refractivity contribution in [3.63, 3.8) is 0 Å². The van der Waals surface area contributed by atoms with E-state index in [0.717, 1.165) is 39.3 Å². The van der Waals surface area contributed by atoms with Gasteiger partial charge in [-0.05, 0) is 44.1 Å². The van der Waals surface area contributed by atoms with Crippen molar-refractivity contribution in [1.29, 1.82) is 0 Å². The molecule has 2 heterocycles. The van der Waals surface area contributed by atoms with Crippen LogP contribution < -0.4 is 5.32 Å². The van der Waals surface area contributed by atoms with Crippen LogP contribution in [0.2, 0.25) is 0 Å². The molecule has 0 saturated heterocycles. The fraction of sp³-hybridized carbons (Fsp3) is 0.278. The van der Waals surface area contributed by atoms with E-state index in [1.807, 2.05) is 18.2 Å². The number of nitrogens with zero attached hydrogens (tertiary/aromatic N) is 1. The standard InChI is InChI=1S/C18H19BrN2O/c1-11-8-12(2)20-15(11)9-17-18(22-3)10-16(21-17)13-4-6-14(19)7-5-13/h4-7,9-10,12,20H,8H2,1-3H3/b17-9-. The van der Waals surface area contributed by atoms with Gasteiger partial charge in [-0.25, -0.2) is 4.99 Å². The minimum absolute atomic E-state index is 0.484. The highest BCUT2D eigenvalue weighted by atomic mass is 79.9. The van der Waals surface area contributed by atoms with Gasteiger partial charge < -0.3 is 10.1 Å². The van der Waals surface area contributed by atoms with Crippen LogP contribution in [0.3, 0.4) is 0 Å². The van der Waals surface area contributed by atoms with Crippen LogP contribution in [0.1, 0.15) is 25.8 Å². The second-order valence-electron chi connectivity index (χ2n) is 5.69. The average molecular weight is 359 g/mol. The molecule has 0 aliphatic carbocycles. The fourth-order valence-electron chi connectivity index (χ4n) is 2.76. The molecule has 3 rings (SSSR count). The van der Waals surface area contributed by atoms with Gasteiger partial charge in [-0.15, -0.1) is 0 Å². The summed E-state index contributed by atoms with van der Waals surface area (Å²) in [6.45, 7) is 4.35. The molecule has 0 radical (unpaired) electrons. The van der Waals surface area contributed by atoms with Gasteiger partial charge in [-0.1, -0.05) is 28.1 Å². The van der Waals surface area contributed by atoms with Gasteiger partial charge in [0, 0.05) is 27.9 Å². The van der Waals surface area contributed by atoms with Crippen molar-refractivity contribution in [3.05, 3.63) is 69.2 Å². The van der Waals surface area contributed by atoms with Gasteiger partial charge in [0.25, 0.3) is 0 Å². The molecule has 0 saturated carbocycles. The first-order valence-electron chi connectivity index (χ1n) is 7.35. The van der Waals surface area contributed by atoms with Gasteiger partial charge in [0.1, 0.15) is 11.5 Å². The van der Waals surface area contributed by atoms with Crippen LogP contribution in [-0.2, 0) is 4.74 Å². The van der Waals surface area contributed by atoms with E-state index in [9.17, 15) is 0 Å². The number of allylic oxidation sites excluding steroid dienone is 2. The Labute approximate surface area is 139 Å². The van der Waals surface area contributed by atoms with Crippen LogP contribution in [0.25, 0.3) is 0 Å². The topological polar surface area (TPSA) is 33.6 Å². The molecular weight excluding hydrogens is 340 g/mol. The van der Waals surface area contributed by atoms with Crippen LogP contribution in [0.4, 0.5) is 0 Å². The lowest BCUT2D eigenvalue weighted by atomic mass is 10.1. The largest absolute Gasteiger partial charge is 0.494 e. The second-order valence-corrected chi connectivity index (χ2v) is 6.61. The van der Waals surface area contributed by atoms with E-state index in [2.05, 4.69) is 53.3 Å². The van der Waals surface area contributed by atoms with E-state index in [4.69, 9.17) is 9.73 Å². The van der Waals surface area contributed by atoms with Crippen molar-refractivity contribution in [2.24, 2.45) is 4.99 Å². The SMILES string of the molecule is COC1=CC(c2ccc(Br)cc2)=N/C1=C\C1=C(C)CC(C)N1. The Morgan fingerprint density at radius 1 is 1.32 bits per heavy atom. The molecule has 3 nitrogen and oxygen atoms in total. The van der Waals surface area contributed by atoms with Crippen molar-refractivity contribution < 1.29 is 4.74 Å². The molecule has 0 spiro atoms. The van der Waals surface area contributed by atoms with Crippen LogP contribution in [0.5, 0.6) is 0 Å². The third-order valence-electron chi connectivity index (χ3n) is 3.88. The van der Waals surface area contributed by atoms with E-state index in [1.165, 1.54) is 5.57 Å². The minimum Gasteiger partial charge on any atom is -0.494 e. The van der Waals surface area contributed by atoms with E-state index in [1.54, 1.807) is 7.11 Å². The normalized spacial score (nSPS) is 22.7. The van der Waals surface area contributed by atoms with Gasteiger partial charge in [0.15, 0.2) is 0 Å². The molecular formula is C18H19BrN2O. The van der Waals surface area contributed by atoms with Gasteiger partial charge in [0.2, 0.25) is 0 Å². The summed E-state index contributed by atoms with van der Waals surface area (Å²) < 4.78 is 6.55. The van der Waals surface area contributed by atoms with Crippen molar-refractivity contribution in [3.8, 4) is 0 Å². The lowest BCUT2D eigenvalue weighted by Crippen LogP contribution is -2.17. The number of aliphatic imine (C=N–C) groups is 1. The first-order chi connectivity index (χ1) is 10.6. The molecule has 1 aromatic carbocycles. The summed E-state index contributed by atoms with van der Waals surface area (Å²) in [5.41, 5.74) is 5.41. The number of rotatable bonds is 3. The molecule has 2 aliphatic heterocycles. The van der Waals surface area contributed by atoms with Crippen LogP contribution in [-0.4, -0.2) is 18.9 Å². The predicted octanol–water partition coefficient (Wildman–Crippen LogP) is 4.32. The summed E-state index contributed by atoms with van der Waals surface area (Å²) in [7, 11) is 1.69. The van der Waals surface area contributed by atoms with E-state index < -0.39 is 0 Å². The molecule has 1 atom stereocenters. The van der Waals surface area contributed by atoms with Crippen LogP contribution in [0, 0.1) is 0 Å². The smallest absolute Gasteiger partial charge is 0.146 e. The Kier molecular flexibility index (Phi) is 4.21. The number of methoxy groups -OCH3 is 1. The predicted molar refractivity (Wildman–Crippen MR) is 93.8 cm³/mol. The number of benzene rings is 1. The van der Waals surface area contributed by atoms with Crippen LogP contribution >= 0.6 is 15.9 Å². The molecule has 0 amide bonds. The summed E-state index contributed by atoms with van der Waals surface area (Å²) in [5.74, 6) is 0.805. The molecule has 1 aromatic rings. The van der Waals surface area contributed by atoms with Crippen molar-refractivity contribution >= 4 is 21.6 Å². The number of hydrogen-bond acceptors (Lipinski definition) is 3. The molecule has 0 fully saturated rings. The van der Waals surface area contributed by atoms with Crippen molar-refractivity contribution in [2.75, 3.05) is 7.11 Å². The first-order valence-corrected chi connectivity index (χ1v) is 8.15. The highest BCUT2D eigenvalue weighted by molar-refractivity contribution is 9.10. The number of hydrogen-bond donors (Lipinski definition) is 1. The molecule has 0 bridgehead atoms. The Hall–Kier alpha value is -1.81. The van der Waals surface area contributed by atoms with Crippen molar-refractivity contribution in [2.45, 2.75) is 26.3 Å². The average Bonchev–Trinajstić information content (AvgIpc) is 3.03. The Morgan fingerprint density at radius 3 is 2.64 bits per heavy atom. The fourth-order valence-corrected chi connectivity index (χ4v) is 3.03. The zero-order valence-electron chi connectivity index (χ0n) is 13.0. The lowest BCUT2D eigenvalue weighted by Gasteiger charge is -2.06. The van der Waals surface area contributed by atoms with Crippen molar-refractivity contribution in [1.82, 2.24) is 5.32 Å². The van der Waals surface area contributed by atoms with Gasteiger partial charge in [-0.3, -0.25) is 0 Å². The molecule has 4 heteroatoms. The first kappa shape index (κ1) is 15.1. The third-order valence-corrected chi connectivity index (χ3v) is 4.40. The molecule has 22 heavy (non-hydrogen) atoms. The van der Waals surface area contributed by atoms with E-state index in [-0.39, 0.29) is 0 Å². The summed E-state index contributed by atoms with van der Waals surface area (Å²) >= 11 is 3.46. The Balaban J connectivity index is 1.94. The third kappa shape index (κ3) is 3.02. The molecule has 1 N–H and O–H groups in total. The maximum atomic E-state index is 5.49. The maximum absolute atomic E-state index is 5.49. The van der Waals surface area contributed by atoms with Gasteiger partial charge in [0.05, 0.1) is 12.8 Å². The molecule has 2 aliphatic rings. The minimum atomic E-state index is 0.484. The maximum Gasteiger partial charge on any atom is 0.146 e. The van der Waals surface area contributed by atoms with E-state index >= 15 is 0 Å². The summed E-state index contributed by atoms with van der Waals surface area (Å²) in [4.78, 5) is 4.73. The number of ether oxygens (including phenoxy) is 1. The monoisotopic (exact) mass is 358 g/mol. The van der Waals surface area contributed by atoms with Crippen LogP contribution in [0.15, 0.2) is 68.6 Å². The second kappa shape index (κ2) is 6.13. The number of nitrogens with one attached hydrogen (secondary N) is 1. The summed E-state index contributed by atoms with van der Waals surface area (Å²) in [6.07, 6.45) is 5.15. The number of halogens is 1. The molecule has 114 valence electrons. The van der Waals surface area contributed by atoms with Gasteiger partial charge in [-0.2, -0.15) is 0 Å². The zero-order valence-corrected chi connectivity index (χ0v) is 14.6. The lowest BCUT2D eigenvalue weighted by molar-refractivity contribution is 0.302. The van der Waals surface area contributed by atoms with Gasteiger partial charge >= 0.3 is 0 Å². The summed E-state index contributed by atoms with van der Waals surface area (Å²) in [5, 5.41) is 3.48. The highest BCUT2D eigenvalue weighted by Crippen LogP contribution is 2.27. The molecule has 0 aromatic heterocycles. The highest BCUT2D eigenvalue weighted by Gasteiger charge is 2.20. The van der Waals surface area contributed by atoms with E-state index in [0.29, 0.717) is 6.04 Å². The zero-order chi connectivity index (χ0) is 15.7. The Morgan fingerprint density at radius 2 is 2.05 bits per heavy atom. The quantitative estimate of drug-likeness (QED) is 0.872.